The average Bonchev–Trinajstić information content (AvgIpc) is 2.69. The minimum Gasteiger partial charge on any atom is -0.296 e. The van der Waals surface area contributed by atoms with E-state index in [1.54, 1.807) is 6.07 Å². The Bertz CT molecular complexity index is 630. The highest BCUT2D eigenvalue weighted by Gasteiger charge is 2.20. The van der Waals surface area contributed by atoms with Crippen LogP contribution in [-0.4, -0.2) is 24.5 Å². The Morgan fingerprint density at radius 1 is 1.11 bits per heavy atom. The van der Waals surface area contributed by atoms with Gasteiger partial charge in [0.25, 0.3) is 0 Å². The first-order valence-corrected chi connectivity index (χ1v) is 6.25. The molecule has 18 heavy (non-hydrogen) atoms. The fourth-order valence-corrected chi connectivity index (χ4v) is 2.56. The van der Waals surface area contributed by atoms with Crippen LogP contribution in [0.5, 0.6) is 0 Å². The summed E-state index contributed by atoms with van der Waals surface area (Å²) in [6.07, 6.45) is 2.27. The van der Waals surface area contributed by atoms with E-state index in [-0.39, 0.29) is 5.82 Å². The highest BCUT2D eigenvalue weighted by molar-refractivity contribution is 5.87. The zero-order chi connectivity index (χ0) is 12.7. The molecule has 0 amide bonds. The molecular weight excluding hydrogens is 225 g/mol. The van der Waals surface area contributed by atoms with E-state index < -0.39 is 0 Å². The van der Waals surface area contributed by atoms with Gasteiger partial charge in [0, 0.05) is 12.6 Å². The van der Waals surface area contributed by atoms with Crippen molar-refractivity contribution in [3.05, 3.63) is 53.9 Å². The maximum Gasteiger partial charge on any atom is 0.123 e. The van der Waals surface area contributed by atoms with Gasteiger partial charge in [-0.05, 0) is 54.1 Å². The van der Waals surface area contributed by atoms with Gasteiger partial charge in [0.1, 0.15) is 5.82 Å². The second-order valence-corrected chi connectivity index (χ2v) is 4.98. The Morgan fingerprint density at radius 3 is 2.56 bits per heavy atom. The Balaban J connectivity index is 2.07. The van der Waals surface area contributed by atoms with E-state index in [1.807, 2.05) is 12.1 Å². The lowest BCUT2D eigenvalue weighted by molar-refractivity contribution is 0.357. The van der Waals surface area contributed by atoms with E-state index in [0.717, 1.165) is 17.3 Å². The van der Waals surface area contributed by atoms with Crippen LogP contribution < -0.4 is 0 Å². The van der Waals surface area contributed by atoms with Crippen LogP contribution in [0.1, 0.15) is 12.5 Å². The van der Waals surface area contributed by atoms with Gasteiger partial charge in [0.05, 0.1) is 0 Å². The average molecular weight is 241 g/mol. The Labute approximate surface area is 107 Å². The van der Waals surface area contributed by atoms with Crippen molar-refractivity contribution in [3.63, 3.8) is 0 Å². The van der Waals surface area contributed by atoms with Crippen molar-refractivity contribution in [2.24, 2.45) is 0 Å². The minimum absolute atomic E-state index is 0.177. The van der Waals surface area contributed by atoms with Gasteiger partial charge in [-0.25, -0.2) is 4.39 Å². The first-order valence-electron chi connectivity index (χ1n) is 6.25. The summed E-state index contributed by atoms with van der Waals surface area (Å²) in [6.45, 7) is 3.21. The Morgan fingerprint density at radius 2 is 1.83 bits per heavy atom. The van der Waals surface area contributed by atoms with E-state index in [1.165, 1.54) is 17.2 Å². The van der Waals surface area contributed by atoms with Crippen molar-refractivity contribution < 1.29 is 4.39 Å². The van der Waals surface area contributed by atoms with E-state index in [4.69, 9.17) is 0 Å². The van der Waals surface area contributed by atoms with Crippen LogP contribution in [0, 0.1) is 5.82 Å². The van der Waals surface area contributed by atoms with Crippen LogP contribution in [0.15, 0.2) is 42.5 Å². The van der Waals surface area contributed by atoms with Gasteiger partial charge in [-0.15, -0.1) is 0 Å². The topological polar surface area (TPSA) is 3.24 Å². The molecule has 0 fully saturated rings. The van der Waals surface area contributed by atoms with E-state index in [9.17, 15) is 4.39 Å². The molecule has 0 unspecified atom stereocenters. The zero-order valence-electron chi connectivity index (χ0n) is 10.7. The zero-order valence-corrected chi connectivity index (χ0v) is 10.7. The van der Waals surface area contributed by atoms with Crippen molar-refractivity contribution in [1.29, 1.82) is 0 Å². The lowest BCUT2D eigenvalue weighted by Crippen LogP contribution is -2.24. The lowest BCUT2D eigenvalue weighted by atomic mass is 9.98. The van der Waals surface area contributed by atoms with Crippen molar-refractivity contribution in [1.82, 2.24) is 4.90 Å². The first kappa shape index (κ1) is 11.4. The lowest BCUT2D eigenvalue weighted by Gasteiger charge is -2.18. The molecule has 1 heterocycles. The summed E-state index contributed by atoms with van der Waals surface area (Å²) in [4.78, 5) is 2.31. The van der Waals surface area contributed by atoms with Crippen molar-refractivity contribution >= 4 is 16.3 Å². The molecule has 0 aromatic heterocycles. The van der Waals surface area contributed by atoms with Crippen LogP contribution in [0.2, 0.25) is 0 Å². The summed E-state index contributed by atoms with van der Waals surface area (Å²) in [6, 6.07) is 11.6. The summed E-state index contributed by atoms with van der Waals surface area (Å²) in [5.74, 6) is -0.177. The molecule has 1 aliphatic heterocycles. The van der Waals surface area contributed by atoms with E-state index in [2.05, 4.69) is 37.1 Å². The molecular formula is C16H16FN. The van der Waals surface area contributed by atoms with Crippen LogP contribution in [-0.2, 0) is 0 Å². The number of rotatable bonds is 1. The minimum atomic E-state index is -0.177. The first-order chi connectivity index (χ1) is 8.65. The highest BCUT2D eigenvalue weighted by atomic mass is 19.1. The highest BCUT2D eigenvalue weighted by Crippen LogP contribution is 2.29. The summed E-state index contributed by atoms with van der Waals surface area (Å²) < 4.78 is 13.1. The second-order valence-electron chi connectivity index (χ2n) is 4.98. The fraction of sp³-hybridized carbons (Fsp3) is 0.250. The fourth-order valence-electron chi connectivity index (χ4n) is 2.56. The third-order valence-corrected chi connectivity index (χ3v) is 3.85. The summed E-state index contributed by atoms with van der Waals surface area (Å²) in [5.41, 5.74) is 2.61. The molecule has 3 rings (SSSR count). The summed E-state index contributed by atoms with van der Waals surface area (Å²) in [5, 5.41) is 2.05. The van der Waals surface area contributed by atoms with Crippen LogP contribution in [0.3, 0.4) is 0 Å². The molecule has 0 bridgehead atoms. The van der Waals surface area contributed by atoms with Crippen LogP contribution >= 0.6 is 0 Å². The van der Waals surface area contributed by atoms with Gasteiger partial charge >= 0.3 is 0 Å². The summed E-state index contributed by atoms with van der Waals surface area (Å²) in [7, 11) is 2.13. The second kappa shape index (κ2) is 4.21. The van der Waals surface area contributed by atoms with Crippen molar-refractivity contribution in [2.75, 3.05) is 13.6 Å². The number of nitrogens with zero attached hydrogens (tertiary/aromatic N) is 1. The molecule has 2 aromatic rings. The monoisotopic (exact) mass is 241 g/mol. The molecule has 0 spiro atoms. The molecule has 2 heteroatoms. The number of hydrogen-bond acceptors (Lipinski definition) is 1. The van der Waals surface area contributed by atoms with Crippen molar-refractivity contribution in [2.45, 2.75) is 13.0 Å². The van der Waals surface area contributed by atoms with Gasteiger partial charge in [-0.3, -0.25) is 4.90 Å². The molecule has 0 saturated carbocycles. The SMILES string of the molecule is C[C@H]1C(c2ccc3cc(F)ccc3c2)=CCN1C. The maximum atomic E-state index is 13.1. The number of hydrogen-bond donors (Lipinski definition) is 0. The molecule has 0 radical (unpaired) electrons. The van der Waals surface area contributed by atoms with E-state index >= 15 is 0 Å². The number of halogens is 1. The Hall–Kier alpha value is -1.67. The predicted molar refractivity (Wildman–Crippen MR) is 74.0 cm³/mol. The molecule has 1 aliphatic rings. The standard InChI is InChI=1S/C16H16FN/c1-11-16(7-8-18(11)2)14-4-3-13-10-15(17)6-5-12(13)9-14/h3-7,9-11H,8H2,1-2H3/t11-/m0/s1. The number of benzene rings is 2. The smallest absolute Gasteiger partial charge is 0.123 e. The van der Waals surface area contributed by atoms with Gasteiger partial charge in [0.15, 0.2) is 0 Å². The third kappa shape index (κ3) is 1.83. The molecule has 2 aromatic carbocycles. The van der Waals surface area contributed by atoms with Crippen molar-refractivity contribution in [3.8, 4) is 0 Å². The van der Waals surface area contributed by atoms with Gasteiger partial charge in [0.2, 0.25) is 0 Å². The molecule has 0 N–H and O–H groups in total. The molecule has 0 saturated heterocycles. The molecule has 0 aliphatic carbocycles. The normalized spacial score (nSPS) is 20.4. The quantitative estimate of drug-likeness (QED) is 0.736. The largest absolute Gasteiger partial charge is 0.296 e. The molecule has 1 nitrogen and oxygen atoms in total. The maximum absolute atomic E-state index is 13.1. The summed E-state index contributed by atoms with van der Waals surface area (Å²) >= 11 is 0. The predicted octanol–water partition coefficient (Wildman–Crippen LogP) is 3.70. The molecule has 92 valence electrons. The van der Waals surface area contributed by atoms with Gasteiger partial charge in [-0.1, -0.05) is 24.3 Å². The van der Waals surface area contributed by atoms with E-state index in [0.29, 0.717) is 6.04 Å². The number of fused-ring (bicyclic) bond motifs is 1. The number of likely N-dealkylation sites (N-methyl/N-ethyl adjacent to an activating group) is 1. The van der Waals surface area contributed by atoms with Gasteiger partial charge < -0.3 is 0 Å². The Kier molecular flexibility index (Phi) is 2.67. The molecule has 1 atom stereocenters. The third-order valence-electron chi connectivity index (χ3n) is 3.85. The van der Waals surface area contributed by atoms with Crippen LogP contribution in [0.4, 0.5) is 4.39 Å². The van der Waals surface area contributed by atoms with Gasteiger partial charge in [-0.2, -0.15) is 0 Å². The van der Waals surface area contributed by atoms with Crippen LogP contribution in [0.25, 0.3) is 16.3 Å².